The van der Waals surface area contributed by atoms with Gasteiger partial charge in [0.1, 0.15) is 17.2 Å². The monoisotopic (exact) mass is 644 g/mol. The quantitative estimate of drug-likeness (QED) is 0.267. The fourth-order valence-electron chi connectivity index (χ4n) is 5.82. The van der Waals surface area contributed by atoms with E-state index < -0.39 is 17.3 Å². The summed E-state index contributed by atoms with van der Waals surface area (Å²) in [6, 6.07) is 16.0. The average Bonchev–Trinajstić information content (AvgIpc) is 3.47. The normalized spacial score (nSPS) is 17.3. The number of esters is 1. The number of aromatic nitrogens is 2. The van der Waals surface area contributed by atoms with Gasteiger partial charge in [-0.05, 0) is 102 Å². The van der Waals surface area contributed by atoms with E-state index in [0.29, 0.717) is 32.3 Å². The highest BCUT2D eigenvalue weighted by molar-refractivity contribution is 5.76. The van der Waals surface area contributed by atoms with Crippen molar-refractivity contribution in [1.29, 1.82) is 0 Å². The summed E-state index contributed by atoms with van der Waals surface area (Å²) in [5, 5.41) is 6.25. The van der Waals surface area contributed by atoms with Crippen molar-refractivity contribution >= 4 is 29.4 Å². The Morgan fingerprint density at radius 3 is 2.47 bits per heavy atom. The van der Waals surface area contributed by atoms with Crippen LogP contribution >= 0.6 is 0 Å². The van der Waals surface area contributed by atoms with Crippen molar-refractivity contribution in [2.24, 2.45) is 0 Å². The first-order chi connectivity index (χ1) is 22.3. The number of hydrogen-bond donors (Lipinski definition) is 2. The zero-order valence-electron chi connectivity index (χ0n) is 28.5. The number of hydrogen-bond acceptors (Lipinski definition) is 10. The second-order valence-corrected chi connectivity index (χ2v) is 14.1. The number of benzene rings is 2. The first kappa shape index (κ1) is 34.1. The molecule has 0 bridgehead atoms. The first-order valence-corrected chi connectivity index (χ1v) is 16.4. The molecule has 2 fully saturated rings. The Morgan fingerprint density at radius 2 is 1.72 bits per heavy atom. The molecule has 2 aromatic carbocycles. The summed E-state index contributed by atoms with van der Waals surface area (Å²) in [4.78, 5) is 39.1. The lowest BCUT2D eigenvalue weighted by Gasteiger charge is -2.31. The molecular formula is C36H48N6O5. The SMILES string of the molecule is CC(C)(C)OC(=O)NCc1cc(Nc2nccc(-c3cccc(CN4CCCC4C(=O)OC(C)(C)C)c3)n2)ccc1N1CCOCC1. The van der Waals surface area contributed by atoms with E-state index in [1.165, 1.54) is 0 Å². The summed E-state index contributed by atoms with van der Waals surface area (Å²) in [7, 11) is 0. The van der Waals surface area contributed by atoms with E-state index in [9.17, 15) is 9.59 Å². The predicted molar refractivity (Wildman–Crippen MR) is 183 cm³/mol. The standard InChI is InChI=1S/C36H48N6O5/c1-35(2,3)46-32(43)31-11-8-16-42(31)24-25-9-7-10-26(21-25)29-14-15-37-33(40-29)39-28-12-13-30(41-17-19-45-20-18-41)27(22-28)23-38-34(44)47-36(4,5)6/h7,9-10,12-15,21-22,31H,8,11,16-20,23-24H2,1-6H3,(H,38,44)(H,37,39,40). The van der Waals surface area contributed by atoms with E-state index in [4.69, 9.17) is 19.2 Å². The molecule has 0 radical (unpaired) electrons. The summed E-state index contributed by atoms with van der Waals surface area (Å²) in [5.41, 5.74) is 4.54. The van der Waals surface area contributed by atoms with Crippen LogP contribution in [-0.2, 0) is 32.1 Å². The molecule has 1 aromatic heterocycles. The van der Waals surface area contributed by atoms with Crippen LogP contribution in [0.5, 0.6) is 0 Å². The van der Waals surface area contributed by atoms with Crippen molar-refractivity contribution in [2.45, 2.75) is 84.7 Å². The topological polar surface area (TPSA) is 118 Å². The third-order valence-corrected chi connectivity index (χ3v) is 7.82. The van der Waals surface area contributed by atoms with E-state index in [2.05, 4.69) is 43.6 Å². The van der Waals surface area contributed by atoms with Crippen molar-refractivity contribution in [3.8, 4) is 11.3 Å². The van der Waals surface area contributed by atoms with Gasteiger partial charge in [0.25, 0.3) is 0 Å². The molecule has 2 aliphatic rings. The number of morpholine rings is 1. The Morgan fingerprint density at radius 1 is 0.957 bits per heavy atom. The van der Waals surface area contributed by atoms with Crippen LogP contribution in [-0.4, -0.2) is 77.0 Å². The summed E-state index contributed by atoms with van der Waals surface area (Å²) >= 11 is 0. The minimum Gasteiger partial charge on any atom is -0.459 e. The van der Waals surface area contributed by atoms with Crippen LogP contribution in [0.2, 0.25) is 0 Å². The van der Waals surface area contributed by atoms with E-state index in [1.54, 1.807) is 6.20 Å². The largest absolute Gasteiger partial charge is 0.459 e. The average molecular weight is 645 g/mol. The maximum Gasteiger partial charge on any atom is 0.407 e. The maximum atomic E-state index is 12.9. The number of amides is 1. The third-order valence-electron chi connectivity index (χ3n) is 7.82. The molecule has 0 spiro atoms. The van der Waals surface area contributed by atoms with Crippen molar-refractivity contribution in [3.05, 3.63) is 65.9 Å². The number of nitrogens with one attached hydrogen (secondary N) is 2. The maximum absolute atomic E-state index is 12.9. The van der Waals surface area contributed by atoms with Crippen LogP contribution < -0.4 is 15.5 Å². The number of carbonyl (C=O) groups excluding carboxylic acids is 2. The predicted octanol–water partition coefficient (Wildman–Crippen LogP) is 6.05. The number of likely N-dealkylation sites (tertiary alicyclic amines) is 1. The number of alkyl carbamates (subject to hydrolysis) is 1. The van der Waals surface area contributed by atoms with Crippen molar-refractivity contribution in [3.63, 3.8) is 0 Å². The number of nitrogens with zero attached hydrogens (tertiary/aromatic N) is 4. The van der Waals surface area contributed by atoms with Crippen LogP contribution in [0.4, 0.5) is 22.1 Å². The zero-order chi connectivity index (χ0) is 33.6. The smallest absolute Gasteiger partial charge is 0.407 e. The molecule has 1 atom stereocenters. The first-order valence-electron chi connectivity index (χ1n) is 16.4. The molecule has 2 saturated heterocycles. The van der Waals surface area contributed by atoms with Gasteiger partial charge in [-0.2, -0.15) is 0 Å². The van der Waals surface area contributed by atoms with E-state index in [-0.39, 0.29) is 12.0 Å². The van der Waals surface area contributed by atoms with E-state index in [0.717, 1.165) is 66.2 Å². The molecule has 252 valence electrons. The molecule has 3 heterocycles. The Balaban J connectivity index is 1.30. The van der Waals surface area contributed by atoms with Crippen molar-refractivity contribution in [1.82, 2.24) is 20.2 Å². The Labute approximate surface area is 278 Å². The van der Waals surface area contributed by atoms with Crippen LogP contribution in [0.25, 0.3) is 11.3 Å². The molecule has 11 nitrogen and oxygen atoms in total. The Bertz CT molecular complexity index is 1540. The van der Waals surface area contributed by atoms with Crippen LogP contribution in [0.15, 0.2) is 54.7 Å². The molecule has 2 aliphatic heterocycles. The Kier molecular flexibility index (Phi) is 10.7. The van der Waals surface area contributed by atoms with Crippen LogP contribution in [0, 0.1) is 0 Å². The second kappa shape index (κ2) is 14.7. The van der Waals surface area contributed by atoms with Gasteiger partial charge in [-0.25, -0.2) is 14.8 Å². The molecule has 2 N–H and O–H groups in total. The number of ether oxygens (including phenoxy) is 3. The highest BCUT2D eigenvalue weighted by Gasteiger charge is 2.34. The molecule has 3 aromatic rings. The molecule has 47 heavy (non-hydrogen) atoms. The summed E-state index contributed by atoms with van der Waals surface area (Å²) in [6.45, 7) is 15.9. The molecule has 5 rings (SSSR count). The number of rotatable bonds is 9. The lowest BCUT2D eigenvalue weighted by Crippen LogP contribution is -2.40. The second-order valence-electron chi connectivity index (χ2n) is 14.1. The van der Waals surface area contributed by atoms with Gasteiger partial charge in [-0.3, -0.25) is 9.69 Å². The number of anilines is 3. The summed E-state index contributed by atoms with van der Waals surface area (Å²) in [5.74, 6) is 0.307. The molecule has 11 heteroatoms. The number of carbonyl (C=O) groups is 2. The highest BCUT2D eigenvalue weighted by Crippen LogP contribution is 2.29. The fraction of sp³-hybridized carbons (Fsp3) is 0.500. The third kappa shape index (κ3) is 9.89. The van der Waals surface area contributed by atoms with Crippen LogP contribution in [0.3, 0.4) is 0 Å². The van der Waals surface area contributed by atoms with Gasteiger partial charge in [0, 0.05) is 49.3 Å². The lowest BCUT2D eigenvalue weighted by atomic mass is 10.1. The van der Waals surface area contributed by atoms with Gasteiger partial charge in [0.2, 0.25) is 5.95 Å². The van der Waals surface area contributed by atoms with Gasteiger partial charge in [0.05, 0.1) is 18.9 Å². The van der Waals surface area contributed by atoms with Gasteiger partial charge in [-0.15, -0.1) is 0 Å². The molecule has 0 saturated carbocycles. The lowest BCUT2D eigenvalue weighted by molar-refractivity contribution is -0.160. The molecule has 1 amide bonds. The van der Waals surface area contributed by atoms with Gasteiger partial charge in [-0.1, -0.05) is 18.2 Å². The molecule has 1 unspecified atom stereocenters. The van der Waals surface area contributed by atoms with Crippen LogP contribution in [0.1, 0.15) is 65.5 Å². The fourth-order valence-corrected chi connectivity index (χ4v) is 5.82. The summed E-state index contributed by atoms with van der Waals surface area (Å²) in [6.07, 6.45) is 3.05. The zero-order valence-corrected chi connectivity index (χ0v) is 28.5. The minimum atomic E-state index is -0.584. The minimum absolute atomic E-state index is 0.153. The van der Waals surface area contributed by atoms with Crippen molar-refractivity contribution < 1.29 is 23.8 Å². The van der Waals surface area contributed by atoms with Gasteiger partial charge < -0.3 is 29.7 Å². The highest BCUT2D eigenvalue weighted by atomic mass is 16.6. The van der Waals surface area contributed by atoms with Crippen molar-refractivity contribution in [2.75, 3.05) is 43.1 Å². The van der Waals surface area contributed by atoms with E-state index >= 15 is 0 Å². The Hall–Kier alpha value is -4.22. The van der Waals surface area contributed by atoms with E-state index in [1.807, 2.05) is 71.9 Å². The van der Waals surface area contributed by atoms with Gasteiger partial charge in [0.15, 0.2) is 0 Å². The summed E-state index contributed by atoms with van der Waals surface area (Å²) < 4.78 is 16.7. The molecular weight excluding hydrogens is 596 g/mol. The molecule has 0 aliphatic carbocycles. The van der Waals surface area contributed by atoms with Gasteiger partial charge >= 0.3 is 12.1 Å².